The zero-order valence-electron chi connectivity index (χ0n) is 30.9. The number of hydrogen-bond donors (Lipinski definition) is 0. The smallest absolute Gasteiger partial charge is 0.137 e. The zero-order chi connectivity index (χ0) is 37.5. The lowest BCUT2D eigenvalue weighted by Gasteiger charge is -2.11. The molecule has 0 amide bonds. The fourth-order valence-electron chi connectivity index (χ4n) is 9.00. The Labute approximate surface area is 328 Å². The Bertz CT molecular complexity index is 3490. The SMILES string of the molecule is c1ccc(-c2ccc(-c3ccc(-n4c5ccccc5c5ccc(-c6ccc7c(c6)c6ccccc6n7-c6ccc7c(c6)oc6ccccc67)cc54)cc3)cc2)cc1. The minimum absolute atomic E-state index is 0.895. The highest BCUT2D eigenvalue weighted by molar-refractivity contribution is 6.13. The van der Waals surface area contributed by atoms with Gasteiger partial charge >= 0.3 is 0 Å². The Kier molecular flexibility index (Phi) is 6.93. The third-order valence-electron chi connectivity index (χ3n) is 11.8. The lowest BCUT2D eigenvalue weighted by atomic mass is 10.00. The molecule has 0 unspecified atom stereocenters. The van der Waals surface area contributed by atoms with Gasteiger partial charge in [0.15, 0.2) is 0 Å². The molecule has 0 aliphatic carbocycles. The molecule has 57 heavy (non-hydrogen) atoms. The number of para-hydroxylation sites is 3. The lowest BCUT2D eigenvalue weighted by molar-refractivity contribution is 0.668. The van der Waals surface area contributed by atoms with E-state index in [4.69, 9.17) is 4.42 Å². The summed E-state index contributed by atoms with van der Waals surface area (Å²) < 4.78 is 11.1. The normalized spacial score (nSPS) is 11.9. The van der Waals surface area contributed by atoms with E-state index >= 15 is 0 Å². The highest BCUT2D eigenvalue weighted by Gasteiger charge is 2.17. The van der Waals surface area contributed by atoms with Crippen LogP contribution in [0, 0.1) is 0 Å². The summed E-state index contributed by atoms with van der Waals surface area (Å²) in [6.07, 6.45) is 0. The molecule has 3 heterocycles. The first-order valence-corrected chi connectivity index (χ1v) is 19.5. The largest absolute Gasteiger partial charge is 0.456 e. The van der Waals surface area contributed by atoms with Crippen molar-refractivity contribution in [2.45, 2.75) is 0 Å². The maximum Gasteiger partial charge on any atom is 0.137 e. The molecule has 3 aromatic heterocycles. The van der Waals surface area contributed by atoms with Crippen LogP contribution < -0.4 is 0 Å². The zero-order valence-corrected chi connectivity index (χ0v) is 30.9. The maximum absolute atomic E-state index is 6.32. The van der Waals surface area contributed by atoms with Crippen LogP contribution in [-0.2, 0) is 0 Å². The summed E-state index contributed by atoms with van der Waals surface area (Å²) in [4.78, 5) is 0. The number of benzene rings is 9. The van der Waals surface area contributed by atoms with Gasteiger partial charge in [0.05, 0.1) is 22.1 Å². The molecule has 3 heteroatoms. The van der Waals surface area contributed by atoms with E-state index in [0.717, 1.165) is 33.3 Å². The van der Waals surface area contributed by atoms with Gasteiger partial charge in [0, 0.05) is 49.8 Å². The van der Waals surface area contributed by atoms with Crippen LogP contribution in [0.4, 0.5) is 0 Å². The van der Waals surface area contributed by atoms with Gasteiger partial charge in [-0.25, -0.2) is 0 Å². The monoisotopic (exact) mass is 726 g/mol. The van der Waals surface area contributed by atoms with Crippen molar-refractivity contribution in [1.82, 2.24) is 9.13 Å². The Morgan fingerprint density at radius 2 is 0.702 bits per heavy atom. The molecule has 0 saturated carbocycles. The van der Waals surface area contributed by atoms with Gasteiger partial charge in [0.2, 0.25) is 0 Å². The van der Waals surface area contributed by atoms with E-state index in [9.17, 15) is 0 Å². The van der Waals surface area contributed by atoms with Crippen molar-refractivity contribution >= 4 is 65.6 Å². The molecule has 12 rings (SSSR count). The van der Waals surface area contributed by atoms with Crippen LogP contribution in [-0.4, -0.2) is 9.13 Å². The van der Waals surface area contributed by atoms with Crippen LogP contribution in [0.5, 0.6) is 0 Å². The summed E-state index contributed by atoms with van der Waals surface area (Å²) in [5, 5.41) is 7.22. The van der Waals surface area contributed by atoms with Crippen molar-refractivity contribution in [2.24, 2.45) is 0 Å². The molecule has 266 valence electrons. The van der Waals surface area contributed by atoms with Crippen molar-refractivity contribution in [3.63, 3.8) is 0 Å². The van der Waals surface area contributed by atoms with Gasteiger partial charge in [0.25, 0.3) is 0 Å². The first-order chi connectivity index (χ1) is 28.2. The molecule has 0 spiro atoms. The van der Waals surface area contributed by atoms with Gasteiger partial charge in [-0.15, -0.1) is 0 Å². The number of fused-ring (bicyclic) bond motifs is 9. The Morgan fingerprint density at radius 3 is 1.44 bits per heavy atom. The Morgan fingerprint density at radius 1 is 0.246 bits per heavy atom. The summed E-state index contributed by atoms with van der Waals surface area (Å²) in [6.45, 7) is 0. The minimum atomic E-state index is 0.895. The average molecular weight is 727 g/mol. The fraction of sp³-hybridized carbons (Fsp3) is 0. The van der Waals surface area contributed by atoms with Crippen molar-refractivity contribution in [1.29, 1.82) is 0 Å². The van der Waals surface area contributed by atoms with Crippen LogP contribution in [0.25, 0.3) is 110 Å². The van der Waals surface area contributed by atoms with Gasteiger partial charge in [-0.1, -0.05) is 140 Å². The third kappa shape index (κ3) is 4.99. The van der Waals surface area contributed by atoms with E-state index in [0.29, 0.717) is 0 Å². The average Bonchev–Trinajstić information content (AvgIpc) is 3.93. The third-order valence-corrected chi connectivity index (χ3v) is 11.8. The molecule has 0 radical (unpaired) electrons. The second-order valence-electron chi connectivity index (χ2n) is 14.9. The minimum Gasteiger partial charge on any atom is -0.456 e. The number of aromatic nitrogens is 2. The summed E-state index contributed by atoms with van der Waals surface area (Å²) >= 11 is 0. The van der Waals surface area contributed by atoms with Crippen molar-refractivity contribution in [3.05, 3.63) is 206 Å². The molecule has 3 nitrogen and oxygen atoms in total. The standard InChI is InChI=1S/C54H34N2O/c1-2-10-35(11-3-1)36-18-20-37(21-19-36)38-22-26-41(27-23-38)55-49-15-7-4-12-43(49)45-29-24-40(33-52(45)55)39-25-31-51-48(32-39)44-13-5-8-16-50(44)56(51)42-28-30-47-46-14-6-9-17-53(46)57-54(47)34-42/h1-34H. The highest BCUT2D eigenvalue weighted by atomic mass is 16.3. The highest BCUT2D eigenvalue weighted by Crippen LogP contribution is 2.39. The predicted octanol–water partition coefficient (Wildman–Crippen LogP) is 14.8. The molecule has 0 bridgehead atoms. The maximum atomic E-state index is 6.32. The number of furan rings is 1. The van der Waals surface area contributed by atoms with Crippen LogP contribution in [0.2, 0.25) is 0 Å². The van der Waals surface area contributed by atoms with E-state index in [2.05, 4.69) is 203 Å². The Hall–Kier alpha value is -7.62. The van der Waals surface area contributed by atoms with Crippen LogP contribution in [0.1, 0.15) is 0 Å². The molecule has 0 N–H and O–H groups in total. The molecule has 9 aromatic carbocycles. The van der Waals surface area contributed by atoms with Crippen molar-refractivity contribution < 1.29 is 4.42 Å². The number of rotatable bonds is 5. The van der Waals surface area contributed by atoms with Gasteiger partial charge in [-0.05, 0) is 94.0 Å². The topological polar surface area (TPSA) is 23.0 Å². The van der Waals surface area contributed by atoms with E-state index < -0.39 is 0 Å². The molecule has 0 saturated heterocycles. The first kappa shape index (κ1) is 31.7. The molecule has 12 aromatic rings. The van der Waals surface area contributed by atoms with Gasteiger partial charge in [-0.3, -0.25) is 0 Å². The van der Waals surface area contributed by atoms with Crippen LogP contribution in [0.15, 0.2) is 211 Å². The van der Waals surface area contributed by atoms with E-state index in [1.165, 1.54) is 77.0 Å². The fourth-order valence-corrected chi connectivity index (χ4v) is 9.00. The summed E-state index contributed by atoms with van der Waals surface area (Å²) in [7, 11) is 0. The molecule has 0 aliphatic rings. The van der Waals surface area contributed by atoms with Crippen LogP contribution in [0.3, 0.4) is 0 Å². The van der Waals surface area contributed by atoms with Crippen molar-refractivity contribution in [2.75, 3.05) is 0 Å². The molecule has 0 aliphatic heterocycles. The van der Waals surface area contributed by atoms with Crippen molar-refractivity contribution in [3.8, 4) is 44.8 Å². The summed E-state index contributed by atoms with van der Waals surface area (Å²) in [6, 6.07) is 74.5. The lowest BCUT2D eigenvalue weighted by Crippen LogP contribution is -1.94. The quantitative estimate of drug-likeness (QED) is 0.173. The second-order valence-corrected chi connectivity index (χ2v) is 14.9. The van der Waals surface area contributed by atoms with Gasteiger partial charge < -0.3 is 13.6 Å². The first-order valence-electron chi connectivity index (χ1n) is 19.5. The van der Waals surface area contributed by atoms with E-state index in [1.54, 1.807) is 0 Å². The predicted molar refractivity (Wildman–Crippen MR) is 239 cm³/mol. The number of hydrogen-bond acceptors (Lipinski definition) is 1. The van der Waals surface area contributed by atoms with Gasteiger partial charge in [-0.2, -0.15) is 0 Å². The van der Waals surface area contributed by atoms with E-state index in [-0.39, 0.29) is 0 Å². The molecule has 0 fully saturated rings. The van der Waals surface area contributed by atoms with Gasteiger partial charge in [0.1, 0.15) is 11.2 Å². The summed E-state index contributed by atoms with van der Waals surface area (Å²) in [5.74, 6) is 0. The summed E-state index contributed by atoms with van der Waals surface area (Å²) in [5.41, 5.74) is 16.0. The van der Waals surface area contributed by atoms with Crippen LogP contribution >= 0.6 is 0 Å². The Balaban J connectivity index is 0.958. The molecular formula is C54H34N2O. The molecule has 0 atom stereocenters. The second kappa shape index (κ2) is 12.5. The molecular weight excluding hydrogens is 693 g/mol. The van der Waals surface area contributed by atoms with E-state index in [1.807, 2.05) is 12.1 Å². The number of nitrogens with zero attached hydrogens (tertiary/aromatic N) is 2.